The lowest BCUT2D eigenvalue weighted by molar-refractivity contribution is 0.103. The maximum atomic E-state index is 14.5. The van der Waals surface area contributed by atoms with E-state index in [0.717, 1.165) is 23.3 Å². The Bertz CT molecular complexity index is 1160. The van der Waals surface area contributed by atoms with Crippen LogP contribution in [0.2, 0.25) is 0 Å². The zero-order chi connectivity index (χ0) is 19.0. The van der Waals surface area contributed by atoms with Gasteiger partial charge in [-0.2, -0.15) is 0 Å². The topological polar surface area (TPSA) is 67.9 Å². The van der Waals surface area contributed by atoms with Crippen LogP contribution in [-0.2, 0) is 0 Å². The Hall–Kier alpha value is -3.61. The second kappa shape index (κ2) is 6.60. The third-order valence-electron chi connectivity index (χ3n) is 4.27. The van der Waals surface area contributed by atoms with Crippen LogP contribution >= 0.6 is 0 Å². The minimum absolute atomic E-state index is 0.120. The van der Waals surface area contributed by atoms with Crippen molar-refractivity contribution in [1.82, 2.24) is 15.0 Å². The first kappa shape index (κ1) is 16.8. The number of carbonyl (C=O) groups is 1. The van der Waals surface area contributed by atoms with Gasteiger partial charge in [-0.1, -0.05) is 6.07 Å². The van der Waals surface area contributed by atoms with Crippen LogP contribution in [0.4, 0.5) is 8.78 Å². The summed E-state index contributed by atoms with van der Waals surface area (Å²) in [4.78, 5) is 24.1. The van der Waals surface area contributed by atoms with Crippen LogP contribution in [0.25, 0.3) is 22.2 Å². The fourth-order valence-corrected chi connectivity index (χ4v) is 2.92. The molecule has 0 saturated heterocycles. The van der Waals surface area contributed by atoms with E-state index in [1.165, 1.54) is 13.3 Å². The SMILES string of the molecule is COc1ccc(F)c(C(=O)c2c[nH]c3ncc(-c4cccnc4)cc23)c1F. The molecule has 0 unspecified atom stereocenters. The van der Waals surface area contributed by atoms with E-state index in [2.05, 4.69) is 15.0 Å². The molecule has 0 bridgehead atoms. The van der Waals surface area contributed by atoms with Gasteiger partial charge in [-0.3, -0.25) is 9.78 Å². The van der Waals surface area contributed by atoms with Crippen molar-refractivity contribution in [3.05, 3.63) is 77.9 Å². The predicted octanol–water partition coefficient (Wildman–Crippen LogP) is 4.14. The van der Waals surface area contributed by atoms with Crippen molar-refractivity contribution in [2.45, 2.75) is 0 Å². The Morgan fingerprint density at radius 1 is 1.15 bits per heavy atom. The van der Waals surface area contributed by atoms with E-state index in [9.17, 15) is 13.6 Å². The number of nitrogens with one attached hydrogen (secondary N) is 1. The van der Waals surface area contributed by atoms with Crippen LogP contribution in [0.1, 0.15) is 15.9 Å². The van der Waals surface area contributed by atoms with Gasteiger partial charge in [-0.15, -0.1) is 0 Å². The Balaban J connectivity index is 1.86. The summed E-state index contributed by atoms with van der Waals surface area (Å²) in [6.45, 7) is 0. The van der Waals surface area contributed by atoms with Gasteiger partial charge in [0.1, 0.15) is 11.5 Å². The summed E-state index contributed by atoms with van der Waals surface area (Å²) in [7, 11) is 1.25. The van der Waals surface area contributed by atoms with Gasteiger partial charge in [-0.05, 0) is 24.3 Å². The third-order valence-corrected chi connectivity index (χ3v) is 4.27. The van der Waals surface area contributed by atoms with Crippen LogP contribution in [0.3, 0.4) is 0 Å². The summed E-state index contributed by atoms with van der Waals surface area (Å²) in [6.07, 6.45) is 6.34. The fourth-order valence-electron chi connectivity index (χ4n) is 2.92. The highest BCUT2D eigenvalue weighted by molar-refractivity contribution is 6.16. The van der Waals surface area contributed by atoms with Crippen molar-refractivity contribution in [3.8, 4) is 16.9 Å². The van der Waals surface area contributed by atoms with Crippen LogP contribution in [0, 0.1) is 11.6 Å². The molecule has 3 heterocycles. The highest BCUT2D eigenvalue weighted by Crippen LogP contribution is 2.29. The van der Waals surface area contributed by atoms with E-state index in [0.29, 0.717) is 11.0 Å². The molecular formula is C20H13F2N3O2. The Morgan fingerprint density at radius 3 is 2.74 bits per heavy atom. The summed E-state index contributed by atoms with van der Waals surface area (Å²) in [6, 6.07) is 7.51. The molecule has 1 N–H and O–H groups in total. The molecular weight excluding hydrogens is 352 g/mol. The molecule has 7 heteroatoms. The molecule has 0 aliphatic heterocycles. The second-order valence-corrected chi connectivity index (χ2v) is 5.83. The monoisotopic (exact) mass is 365 g/mol. The van der Waals surface area contributed by atoms with Gasteiger partial charge in [0, 0.05) is 46.9 Å². The van der Waals surface area contributed by atoms with Gasteiger partial charge in [0.25, 0.3) is 0 Å². The van der Waals surface area contributed by atoms with Crippen LogP contribution in [0.15, 0.2) is 55.1 Å². The first-order chi connectivity index (χ1) is 13.1. The largest absolute Gasteiger partial charge is 0.494 e. The molecule has 27 heavy (non-hydrogen) atoms. The summed E-state index contributed by atoms with van der Waals surface area (Å²) >= 11 is 0. The minimum atomic E-state index is -1.03. The molecule has 0 aliphatic carbocycles. The number of ketones is 1. The number of carbonyl (C=O) groups excluding carboxylic acids is 1. The van der Waals surface area contributed by atoms with E-state index in [-0.39, 0.29) is 11.3 Å². The zero-order valence-electron chi connectivity index (χ0n) is 14.2. The number of fused-ring (bicyclic) bond motifs is 1. The van der Waals surface area contributed by atoms with Gasteiger partial charge in [0.05, 0.1) is 12.7 Å². The van der Waals surface area contributed by atoms with E-state index in [1.54, 1.807) is 30.7 Å². The molecule has 0 amide bonds. The number of hydrogen-bond acceptors (Lipinski definition) is 4. The molecule has 0 spiro atoms. The van der Waals surface area contributed by atoms with E-state index in [1.807, 2.05) is 6.07 Å². The Morgan fingerprint density at radius 2 is 2.00 bits per heavy atom. The number of rotatable bonds is 4. The van der Waals surface area contributed by atoms with Crippen LogP contribution in [-0.4, -0.2) is 27.8 Å². The molecule has 0 fully saturated rings. The summed E-state index contributed by atoms with van der Waals surface area (Å²) < 4.78 is 33.6. The number of hydrogen-bond donors (Lipinski definition) is 1. The van der Waals surface area contributed by atoms with Crippen molar-refractivity contribution in [3.63, 3.8) is 0 Å². The quantitative estimate of drug-likeness (QED) is 0.552. The molecule has 1 aromatic carbocycles. The predicted molar refractivity (Wildman–Crippen MR) is 95.7 cm³/mol. The maximum absolute atomic E-state index is 14.5. The maximum Gasteiger partial charge on any atom is 0.201 e. The number of ether oxygens (including phenoxy) is 1. The molecule has 0 saturated carbocycles. The lowest BCUT2D eigenvalue weighted by Crippen LogP contribution is -2.08. The van der Waals surface area contributed by atoms with Gasteiger partial charge < -0.3 is 9.72 Å². The van der Waals surface area contributed by atoms with Crippen LogP contribution < -0.4 is 4.74 Å². The van der Waals surface area contributed by atoms with Gasteiger partial charge in [0.15, 0.2) is 11.6 Å². The van der Waals surface area contributed by atoms with E-state index in [4.69, 9.17) is 4.74 Å². The van der Waals surface area contributed by atoms with Crippen molar-refractivity contribution in [2.24, 2.45) is 0 Å². The number of benzene rings is 1. The molecule has 0 atom stereocenters. The van der Waals surface area contributed by atoms with Crippen LogP contribution in [0.5, 0.6) is 5.75 Å². The fraction of sp³-hybridized carbons (Fsp3) is 0.0500. The number of aromatic amines is 1. The summed E-state index contributed by atoms with van der Waals surface area (Å²) in [5.74, 6) is -2.98. The molecule has 4 aromatic rings. The minimum Gasteiger partial charge on any atom is -0.494 e. The summed E-state index contributed by atoms with van der Waals surface area (Å²) in [5, 5.41) is 0.461. The van der Waals surface area contributed by atoms with Crippen molar-refractivity contribution in [1.29, 1.82) is 0 Å². The van der Waals surface area contributed by atoms with Crippen molar-refractivity contribution < 1.29 is 18.3 Å². The smallest absolute Gasteiger partial charge is 0.201 e. The average molecular weight is 365 g/mol. The zero-order valence-corrected chi connectivity index (χ0v) is 14.2. The number of H-pyrrole nitrogens is 1. The number of methoxy groups -OCH3 is 1. The Labute approximate surface area is 152 Å². The van der Waals surface area contributed by atoms with Gasteiger partial charge in [-0.25, -0.2) is 13.8 Å². The second-order valence-electron chi connectivity index (χ2n) is 5.83. The molecule has 3 aromatic heterocycles. The summed E-state index contributed by atoms with van der Waals surface area (Å²) in [5.41, 5.74) is 1.44. The number of halogens is 2. The van der Waals surface area contributed by atoms with Crippen molar-refractivity contribution in [2.75, 3.05) is 7.11 Å². The molecule has 0 radical (unpaired) electrons. The molecule has 0 aliphatic rings. The molecule has 4 rings (SSSR count). The highest BCUT2D eigenvalue weighted by atomic mass is 19.1. The van der Waals surface area contributed by atoms with E-state index >= 15 is 0 Å². The number of nitrogens with zero attached hydrogens (tertiary/aromatic N) is 2. The first-order valence-electron chi connectivity index (χ1n) is 8.04. The third kappa shape index (κ3) is 2.83. The highest BCUT2D eigenvalue weighted by Gasteiger charge is 2.25. The standard InChI is InChI=1S/C20H13F2N3O2/c1-27-16-5-4-15(21)17(18(16)22)19(26)14-10-25-20-13(14)7-12(9-24-20)11-3-2-6-23-8-11/h2-10H,1H3,(H,24,25). The molecule has 5 nitrogen and oxygen atoms in total. The lowest BCUT2D eigenvalue weighted by atomic mass is 10.0. The van der Waals surface area contributed by atoms with Gasteiger partial charge in [0.2, 0.25) is 5.78 Å². The van der Waals surface area contributed by atoms with Crippen molar-refractivity contribution >= 4 is 16.8 Å². The number of aromatic nitrogens is 3. The average Bonchev–Trinajstić information content (AvgIpc) is 3.12. The van der Waals surface area contributed by atoms with Gasteiger partial charge >= 0.3 is 0 Å². The molecule has 134 valence electrons. The lowest BCUT2D eigenvalue weighted by Gasteiger charge is -2.08. The first-order valence-corrected chi connectivity index (χ1v) is 8.04. The number of pyridine rings is 2. The normalized spacial score (nSPS) is 10.9. The Kier molecular flexibility index (Phi) is 4.12. The van der Waals surface area contributed by atoms with E-state index < -0.39 is 23.0 Å².